The van der Waals surface area contributed by atoms with Crippen LogP contribution in [0.25, 0.3) is 0 Å². The van der Waals surface area contributed by atoms with Crippen LogP contribution < -0.4 is 10.1 Å². The number of ether oxygens (including phenoxy) is 1. The third-order valence-corrected chi connectivity index (χ3v) is 3.16. The molecule has 2 rings (SSSR count). The third kappa shape index (κ3) is 3.20. The Labute approximate surface area is 122 Å². The topological polar surface area (TPSA) is 75.6 Å². The molecule has 0 spiro atoms. The van der Waals surface area contributed by atoms with Crippen molar-refractivity contribution in [2.45, 2.75) is 6.92 Å². The maximum atomic E-state index is 12.1. The molecule has 0 fully saturated rings. The molecule has 0 saturated heterocycles. The van der Waals surface area contributed by atoms with Crippen LogP contribution in [0.15, 0.2) is 42.5 Å². The zero-order valence-electron chi connectivity index (χ0n) is 11.7. The summed E-state index contributed by atoms with van der Waals surface area (Å²) in [5.74, 6) is -0.660. The van der Waals surface area contributed by atoms with Gasteiger partial charge in [-0.2, -0.15) is 0 Å². The van der Waals surface area contributed by atoms with Crippen LogP contribution in [0, 0.1) is 6.92 Å². The van der Waals surface area contributed by atoms with E-state index in [1.54, 1.807) is 50.4 Å². The Morgan fingerprint density at radius 1 is 1.10 bits per heavy atom. The second-order valence-corrected chi connectivity index (χ2v) is 4.47. The Morgan fingerprint density at radius 3 is 2.33 bits per heavy atom. The van der Waals surface area contributed by atoms with Gasteiger partial charge < -0.3 is 15.2 Å². The Balaban J connectivity index is 2.23. The SMILES string of the molecule is COc1ccc(C(=O)Nc2cccc(C(=O)O)c2C)cc1. The number of anilines is 1. The number of benzene rings is 2. The molecule has 21 heavy (non-hydrogen) atoms. The van der Waals surface area contributed by atoms with E-state index in [1.807, 2.05) is 0 Å². The Hall–Kier alpha value is -2.82. The summed E-state index contributed by atoms with van der Waals surface area (Å²) in [6.45, 7) is 1.66. The maximum absolute atomic E-state index is 12.1. The van der Waals surface area contributed by atoms with Gasteiger partial charge in [0.15, 0.2) is 0 Å². The van der Waals surface area contributed by atoms with Crippen molar-refractivity contribution in [3.63, 3.8) is 0 Å². The van der Waals surface area contributed by atoms with Gasteiger partial charge >= 0.3 is 5.97 Å². The van der Waals surface area contributed by atoms with Crippen molar-refractivity contribution in [2.75, 3.05) is 12.4 Å². The molecule has 0 unspecified atom stereocenters. The lowest BCUT2D eigenvalue weighted by molar-refractivity contribution is 0.0695. The first-order valence-electron chi connectivity index (χ1n) is 6.31. The van der Waals surface area contributed by atoms with E-state index >= 15 is 0 Å². The molecule has 0 aliphatic carbocycles. The highest BCUT2D eigenvalue weighted by molar-refractivity contribution is 6.05. The standard InChI is InChI=1S/C16H15NO4/c1-10-13(16(19)20)4-3-5-14(10)17-15(18)11-6-8-12(21-2)9-7-11/h3-9H,1-2H3,(H,17,18)(H,19,20). The van der Waals surface area contributed by atoms with Gasteiger partial charge in [-0.1, -0.05) is 6.07 Å². The van der Waals surface area contributed by atoms with Crippen LogP contribution in [0.3, 0.4) is 0 Å². The number of amides is 1. The zero-order chi connectivity index (χ0) is 15.4. The van der Waals surface area contributed by atoms with E-state index in [4.69, 9.17) is 9.84 Å². The lowest BCUT2D eigenvalue weighted by Gasteiger charge is -2.10. The summed E-state index contributed by atoms with van der Waals surface area (Å²) in [5, 5.41) is 11.8. The van der Waals surface area contributed by atoms with Crippen molar-refractivity contribution in [1.29, 1.82) is 0 Å². The van der Waals surface area contributed by atoms with E-state index in [1.165, 1.54) is 6.07 Å². The lowest BCUT2D eigenvalue weighted by atomic mass is 10.1. The number of methoxy groups -OCH3 is 1. The average Bonchev–Trinajstić information content (AvgIpc) is 2.49. The minimum atomic E-state index is -1.02. The fourth-order valence-electron chi connectivity index (χ4n) is 1.94. The summed E-state index contributed by atoms with van der Waals surface area (Å²) in [5.41, 5.74) is 1.64. The van der Waals surface area contributed by atoms with E-state index in [2.05, 4.69) is 5.32 Å². The summed E-state index contributed by atoms with van der Waals surface area (Å²) in [6.07, 6.45) is 0. The van der Waals surface area contributed by atoms with Gasteiger partial charge in [-0.15, -0.1) is 0 Å². The van der Waals surface area contributed by atoms with Crippen molar-refractivity contribution in [3.8, 4) is 5.75 Å². The van der Waals surface area contributed by atoms with Crippen molar-refractivity contribution < 1.29 is 19.4 Å². The monoisotopic (exact) mass is 285 g/mol. The van der Waals surface area contributed by atoms with Gasteiger partial charge in [0, 0.05) is 11.3 Å². The molecule has 0 aromatic heterocycles. The van der Waals surface area contributed by atoms with Crippen LogP contribution >= 0.6 is 0 Å². The molecule has 0 atom stereocenters. The second-order valence-electron chi connectivity index (χ2n) is 4.47. The van der Waals surface area contributed by atoms with E-state index in [0.717, 1.165) is 0 Å². The van der Waals surface area contributed by atoms with Crippen molar-refractivity contribution >= 4 is 17.6 Å². The smallest absolute Gasteiger partial charge is 0.336 e. The van der Waals surface area contributed by atoms with E-state index in [0.29, 0.717) is 22.6 Å². The van der Waals surface area contributed by atoms with E-state index < -0.39 is 5.97 Å². The fourth-order valence-corrected chi connectivity index (χ4v) is 1.94. The first-order valence-corrected chi connectivity index (χ1v) is 6.31. The fraction of sp³-hybridized carbons (Fsp3) is 0.125. The maximum Gasteiger partial charge on any atom is 0.336 e. The van der Waals surface area contributed by atoms with Crippen LogP contribution in [-0.2, 0) is 0 Å². The Morgan fingerprint density at radius 2 is 1.76 bits per heavy atom. The Kier molecular flexibility index (Phi) is 4.23. The summed E-state index contributed by atoms with van der Waals surface area (Å²) >= 11 is 0. The summed E-state index contributed by atoms with van der Waals surface area (Å²) < 4.78 is 5.03. The molecule has 0 saturated carbocycles. The van der Waals surface area contributed by atoms with Gasteiger partial charge in [0.05, 0.1) is 12.7 Å². The number of hydrogen-bond acceptors (Lipinski definition) is 3. The molecule has 0 bridgehead atoms. The summed E-state index contributed by atoms with van der Waals surface area (Å²) in [7, 11) is 1.55. The van der Waals surface area contributed by atoms with Gasteiger partial charge in [-0.3, -0.25) is 4.79 Å². The van der Waals surface area contributed by atoms with E-state index in [9.17, 15) is 9.59 Å². The molecule has 0 radical (unpaired) electrons. The number of carboxylic acids is 1. The van der Waals surface area contributed by atoms with Gasteiger partial charge in [0.1, 0.15) is 5.75 Å². The number of carbonyl (C=O) groups excluding carboxylic acids is 1. The zero-order valence-corrected chi connectivity index (χ0v) is 11.7. The van der Waals surface area contributed by atoms with Crippen LogP contribution in [0.5, 0.6) is 5.75 Å². The van der Waals surface area contributed by atoms with Crippen molar-refractivity contribution in [2.24, 2.45) is 0 Å². The van der Waals surface area contributed by atoms with Gasteiger partial charge in [0.2, 0.25) is 0 Å². The van der Waals surface area contributed by atoms with Crippen LogP contribution in [0.2, 0.25) is 0 Å². The number of aromatic carboxylic acids is 1. The minimum absolute atomic E-state index is 0.169. The van der Waals surface area contributed by atoms with Gasteiger partial charge in [-0.25, -0.2) is 4.79 Å². The normalized spacial score (nSPS) is 10.0. The minimum Gasteiger partial charge on any atom is -0.497 e. The summed E-state index contributed by atoms with van der Waals surface area (Å²) in [4.78, 5) is 23.2. The number of carboxylic acid groups (broad SMARTS) is 1. The van der Waals surface area contributed by atoms with Gasteiger partial charge in [0.25, 0.3) is 5.91 Å². The van der Waals surface area contributed by atoms with E-state index in [-0.39, 0.29) is 11.5 Å². The molecular formula is C16H15NO4. The first kappa shape index (κ1) is 14.6. The highest BCUT2D eigenvalue weighted by Crippen LogP contribution is 2.20. The van der Waals surface area contributed by atoms with Crippen LogP contribution in [0.4, 0.5) is 5.69 Å². The lowest BCUT2D eigenvalue weighted by Crippen LogP contribution is -2.14. The number of hydrogen-bond donors (Lipinski definition) is 2. The number of rotatable bonds is 4. The van der Waals surface area contributed by atoms with Crippen LogP contribution in [-0.4, -0.2) is 24.1 Å². The molecule has 5 nitrogen and oxygen atoms in total. The first-order chi connectivity index (χ1) is 10.0. The molecule has 5 heteroatoms. The molecule has 0 aliphatic heterocycles. The van der Waals surface area contributed by atoms with Crippen molar-refractivity contribution in [3.05, 3.63) is 59.2 Å². The predicted octanol–water partition coefficient (Wildman–Crippen LogP) is 2.95. The molecule has 0 heterocycles. The third-order valence-electron chi connectivity index (χ3n) is 3.16. The average molecular weight is 285 g/mol. The van der Waals surface area contributed by atoms with Crippen molar-refractivity contribution in [1.82, 2.24) is 0 Å². The molecule has 0 aliphatic rings. The quantitative estimate of drug-likeness (QED) is 0.905. The molecule has 2 aromatic carbocycles. The molecule has 108 valence electrons. The largest absolute Gasteiger partial charge is 0.497 e. The molecule has 2 N–H and O–H groups in total. The number of nitrogens with one attached hydrogen (secondary N) is 1. The number of carbonyl (C=O) groups is 2. The van der Waals surface area contributed by atoms with Gasteiger partial charge in [-0.05, 0) is 48.9 Å². The predicted molar refractivity (Wildman–Crippen MR) is 79.1 cm³/mol. The second kappa shape index (κ2) is 6.09. The van der Waals surface area contributed by atoms with Crippen LogP contribution in [0.1, 0.15) is 26.3 Å². The summed E-state index contributed by atoms with van der Waals surface area (Å²) in [6, 6.07) is 11.4. The molecule has 2 aromatic rings. The molecule has 1 amide bonds. The Bertz CT molecular complexity index is 677. The highest BCUT2D eigenvalue weighted by Gasteiger charge is 2.13. The molecular weight excluding hydrogens is 270 g/mol. The highest BCUT2D eigenvalue weighted by atomic mass is 16.5.